The van der Waals surface area contributed by atoms with Gasteiger partial charge in [-0.2, -0.15) is 0 Å². The Labute approximate surface area is 260 Å². The van der Waals surface area contributed by atoms with Crippen molar-refractivity contribution in [2.75, 3.05) is 0 Å². The Morgan fingerprint density at radius 2 is 0.844 bits per heavy atom. The normalized spacial score (nSPS) is 11.1. The number of rotatable bonds is 6. The van der Waals surface area contributed by atoms with E-state index in [4.69, 9.17) is 19.4 Å². The molecule has 212 valence electrons. The van der Waals surface area contributed by atoms with Gasteiger partial charge in [0.2, 0.25) is 0 Å². The van der Waals surface area contributed by atoms with Crippen molar-refractivity contribution in [2.24, 2.45) is 0 Å². The molecule has 0 aliphatic rings. The summed E-state index contributed by atoms with van der Waals surface area (Å²) in [5, 5.41) is 1.08. The van der Waals surface area contributed by atoms with Crippen molar-refractivity contribution < 1.29 is 4.42 Å². The third kappa shape index (κ3) is 5.39. The molecule has 5 heteroatoms. The van der Waals surface area contributed by atoms with Crippen molar-refractivity contribution >= 4 is 11.0 Å². The lowest BCUT2D eigenvalue weighted by Crippen LogP contribution is -2.00. The molecule has 0 radical (unpaired) electrons. The maximum atomic E-state index is 6.09. The minimum atomic E-state index is 0.606. The summed E-state index contributed by atoms with van der Waals surface area (Å²) in [6, 6.07) is 49.2. The molecular formula is C40H26N4O. The maximum Gasteiger partial charge on any atom is 0.164 e. The molecule has 0 spiro atoms. The Morgan fingerprint density at radius 3 is 1.40 bits per heavy atom. The number of aromatic nitrogens is 4. The topological polar surface area (TPSA) is 64.7 Å². The van der Waals surface area contributed by atoms with Gasteiger partial charge in [-0.25, -0.2) is 15.0 Å². The highest BCUT2D eigenvalue weighted by molar-refractivity contribution is 5.83. The standard InChI is InChI=1S/C40H26N4O/c1-2-7-27(8-3-1)28-12-18-31(19-13-28)38-42-39(32-20-14-29(15-21-32)35-10-6-24-41-26-35)44-40(43-38)33-22-16-30(17-23-33)37-25-34-9-4-5-11-36(34)45-37/h1-26H. The summed E-state index contributed by atoms with van der Waals surface area (Å²) in [5.41, 5.74) is 9.04. The molecule has 0 amide bonds. The molecule has 0 aliphatic heterocycles. The predicted molar refractivity (Wildman–Crippen MR) is 180 cm³/mol. The zero-order chi connectivity index (χ0) is 30.0. The predicted octanol–water partition coefficient (Wildman–Crippen LogP) is 10.0. The molecular weight excluding hydrogens is 552 g/mol. The smallest absolute Gasteiger partial charge is 0.164 e. The molecule has 0 N–H and O–H groups in total. The molecule has 0 fully saturated rings. The Kier molecular flexibility index (Phi) is 6.74. The van der Waals surface area contributed by atoms with Crippen LogP contribution < -0.4 is 0 Å². The van der Waals surface area contributed by atoms with Crippen molar-refractivity contribution in [1.29, 1.82) is 0 Å². The van der Waals surface area contributed by atoms with Gasteiger partial charge in [0.05, 0.1) is 0 Å². The molecule has 0 saturated heterocycles. The van der Waals surface area contributed by atoms with Crippen LogP contribution >= 0.6 is 0 Å². The summed E-state index contributed by atoms with van der Waals surface area (Å²) in [4.78, 5) is 19.1. The second-order valence-corrected chi connectivity index (χ2v) is 10.8. The quantitative estimate of drug-likeness (QED) is 0.196. The number of furan rings is 1. The minimum Gasteiger partial charge on any atom is -0.456 e. The number of hydrogen-bond donors (Lipinski definition) is 0. The summed E-state index contributed by atoms with van der Waals surface area (Å²) in [6.07, 6.45) is 3.64. The van der Waals surface area contributed by atoms with Crippen molar-refractivity contribution in [3.05, 3.63) is 158 Å². The van der Waals surface area contributed by atoms with Crippen LogP contribution in [-0.4, -0.2) is 19.9 Å². The molecule has 0 bridgehead atoms. The van der Waals surface area contributed by atoms with Crippen LogP contribution in [-0.2, 0) is 0 Å². The van der Waals surface area contributed by atoms with Gasteiger partial charge in [-0.15, -0.1) is 0 Å². The first-order valence-corrected chi connectivity index (χ1v) is 14.8. The summed E-state index contributed by atoms with van der Waals surface area (Å²) in [7, 11) is 0. The van der Waals surface area contributed by atoms with Crippen molar-refractivity contribution in [1.82, 2.24) is 19.9 Å². The van der Waals surface area contributed by atoms with E-state index in [2.05, 4.69) is 83.8 Å². The molecule has 8 aromatic rings. The summed E-state index contributed by atoms with van der Waals surface area (Å²) >= 11 is 0. The first-order chi connectivity index (χ1) is 22.3. The Bertz CT molecular complexity index is 2090. The lowest BCUT2D eigenvalue weighted by atomic mass is 10.0. The largest absolute Gasteiger partial charge is 0.456 e. The number of fused-ring (bicyclic) bond motifs is 1. The number of para-hydroxylation sites is 1. The van der Waals surface area contributed by atoms with Crippen LogP contribution in [0, 0.1) is 0 Å². The monoisotopic (exact) mass is 578 g/mol. The SMILES string of the molecule is c1ccc(-c2ccc(-c3nc(-c4ccc(-c5cccnc5)cc4)nc(-c4ccc(-c5cc6ccccc6o5)cc4)n3)cc2)cc1. The van der Waals surface area contributed by atoms with Crippen LogP contribution in [0.3, 0.4) is 0 Å². The fourth-order valence-corrected chi connectivity index (χ4v) is 5.46. The number of pyridine rings is 1. The van der Waals surface area contributed by atoms with E-state index in [1.165, 1.54) is 5.56 Å². The molecule has 5 aromatic carbocycles. The summed E-state index contributed by atoms with van der Waals surface area (Å²) in [5.74, 6) is 2.66. The molecule has 8 rings (SSSR count). The molecule has 5 nitrogen and oxygen atoms in total. The van der Waals surface area contributed by atoms with Crippen LogP contribution in [0.5, 0.6) is 0 Å². The third-order valence-corrected chi connectivity index (χ3v) is 7.88. The lowest BCUT2D eigenvalue weighted by Gasteiger charge is -2.10. The Hall–Kier alpha value is -6.20. The first kappa shape index (κ1) is 26.4. The van der Waals surface area contributed by atoms with Crippen LogP contribution in [0.1, 0.15) is 0 Å². The van der Waals surface area contributed by atoms with E-state index in [-0.39, 0.29) is 0 Å². The van der Waals surface area contributed by atoms with Gasteiger partial charge in [0, 0.05) is 40.0 Å². The van der Waals surface area contributed by atoms with E-state index in [1.54, 1.807) is 6.20 Å². The summed E-state index contributed by atoms with van der Waals surface area (Å²) < 4.78 is 6.09. The Balaban J connectivity index is 1.18. The van der Waals surface area contributed by atoms with E-state index in [0.29, 0.717) is 17.5 Å². The van der Waals surface area contributed by atoms with Crippen molar-refractivity contribution in [3.8, 4) is 67.7 Å². The summed E-state index contributed by atoms with van der Waals surface area (Å²) in [6.45, 7) is 0. The molecule has 0 atom stereocenters. The van der Waals surface area contributed by atoms with Crippen LogP contribution in [0.25, 0.3) is 78.7 Å². The second kappa shape index (κ2) is 11.5. The zero-order valence-corrected chi connectivity index (χ0v) is 24.2. The van der Waals surface area contributed by atoms with E-state index in [9.17, 15) is 0 Å². The lowest BCUT2D eigenvalue weighted by molar-refractivity contribution is 0.631. The molecule has 0 unspecified atom stereocenters. The highest BCUT2D eigenvalue weighted by atomic mass is 16.3. The van der Waals surface area contributed by atoms with Gasteiger partial charge in [-0.05, 0) is 40.5 Å². The van der Waals surface area contributed by atoms with E-state index >= 15 is 0 Å². The van der Waals surface area contributed by atoms with Gasteiger partial charge in [-0.3, -0.25) is 4.98 Å². The first-order valence-electron chi connectivity index (χ1n) is 14.8. The van der Waals surface area contributed by atoms with Gasteiger partial charge in [0.15, 0.2) is 17.5 Å². The van der Waals surface area contributed by atoms with Crippen LogP contribution in [0.2, 0.25) is 0 Å². The maximum absolute atomic E-state index is 6.09. The Morgan fingerprint density at radius 1 is 0.378 bits per heavy atom. The number of hydrogen-bond acceptors (Lipinski definition) is 5. The van der Waals surface area contributed by atoms with E-state index in [0.717, 1.165) is 55.7 Å². The molecule has 3 aromatic heterocycles. The fourth-order valence-electron chi connectivity index (χ4n) is 5.46. The van der Waals surface area contributed by atoms with Crippen molar-refractivity contribution in [2.45, 2.75) is 0 Å². The van der Waals surface area contributed by atoms with Gasteiger partial charge >= 0.3 is 0 Å². The third-order valence-electron chi connectivity index (χ3n) is 7.88. The van der Waals surface area contributed by atoms with E-state index < -0.39 is 0 Å². The van der Waals surface area contributed by atoms with E-state index in [1.807, 2.05) is 72.9 Å². The van der Waals surface area contributed by atoms with Gasteiger partial charge in [0.25, 0.3) is 0 Å². The van der Waals surface area contributed by atoms with Crippen molar-refractivity contribution in [3.63, 3.8) is 0 Å². The van der Waals surface area contributed by atoms with Gasteiger partial charge < -0.3 is 4.42 Å². The minimum absolute atomic E-state index is 0.606. The highest BCUT2D eigenvalue weighted by Gasteiger charge is 2.14. The molecule has 0 aliphatic carbocycles. The molecule has 0 saturated carbocycles. The second-order valence-electron chi connectivity index (χ2n) is 10.8. The zero-order valence-electron chi connectivity index (χ0n) is 24.2. The number of nitrogens with zero attached hydrogens (tertiary/aromatic N) is 4. The molecule has 3 heterocycles. The highest BCUT2D eigenvalue weighted by Crippen LogP contribution is 2.31. The van der Waals surface area contributed by atoms with Crippen LogP contribution in [0.4, 0.5) is 0 Å². The van der Waals surface area contributed by atoms with Crippen LogP contribution in [0.15, 0.2) is 162 Å². The van der Waals surface area contributed by atoms with Gasteiger partial charge in [-0.1, -0.05) is 127 Å². The number of benzene rings is 5. The van der Waals surface area contributed by atoms with Gasteiger partial charge in [0.1, 0.15) is 11.3 Å². The average Bonchev–Trinajstić information content (AvgIpc) is 3.57. The average molecular weight is 579 g/mol. The molecule has 45 heavy (non-hydrogen) atoms. The fraction of sp³-hybridized carbons (Fsp3) is 0.